The van der Waals surface area contributed by atoms with E-state index in [9.17, 15) is 4.79 Å². The van der Waals surface area contributed by atoms with Crippen molar-refractivity contribution in [1.29, 1.82) is 0 Å². The highest BCUT2D eigenvalue weighted by atomic mass is 16.7. The van der Waals surface area contributed by atoms with E-state index in [4.69, 9.17) is 9.47 Å². The van der Waals surface area contributed by atoms with Gasteiger partial charge in [-0.1, -0.05) is 24.3 Å². The van der Waals surface area contributed by atoms with Crippen LogP contribution in [0.1, 0.15) is 18.4 Å². The van der Waals surface area contributed by atoms with E-state index < -0.39 is 0 Å². The van der Waals surface area contributed by atoms with Crippen LogP contribution in [0.3, 0.4) is 0 Å². The molecule has 130 valence electrons. The summed E-state index contributed by atoms with van der Waals surface area (Å²) in [5.41, 5.74) is 2.26. The average molecular weight is 338 g/mol. The molecule has 0 aromatic heterocycles. The Morgan fingerprint density at radius 2 is 1.80 bits per heavy atom. The van der Waals surface area contributed by atoms with Gasteiger partial charge < -0.3 is 19.7 Å². The number of carbonyl (C=O) groups is 1. The van der Waals surface area contributed by atoms with Gasteiger partial charge in [0.1, 0.15) is 0 Å². The quantitative estimate of drug-likeness (QED) is 0.931. The summed E-state index contributed by atoms with van der Waals surface area (Å²) in [6.07, 6.45) is 1.78. The lowest BCUT2D eigenvalue weighted by Crippen LogP contribution is -2.40. The predicted octanol–water partition coefficient (Wildman–Crippen LogP) is 2.95. The van der Waals surface area contributed by atoms with Crippen LogP contribution in [-0.2, 0) is 11.3 Å². The van der Waals surface area contributed by atoms with Gasteiger partial charge in [-0.15, -0.1) is 0 Å². The topological polar surface area (TPSA) is 50.8 Å². The number of carbonyl (C=O) groups excluding carboxylic acids is 1. The van der Waals surface area contributed by atoms with Gasteiger partial charge in [-0.05, 0) is 42.7 Å². The Bertz CT molecular complexity index is 740. The summed E-state index contributed by atoms with van der Waals surface area (Å²) < 4.78 is 10.7. The summed E-state index contributed by atoms with van der Waals surface area (Å²) in [5, 5.41) is 3.06. The summed E-state index contributed by atoms with van der Waals surface area (Å²) in [4.78, 5) is 14.8. The van der Waals surface area contributed by atoms with E-state index in [2.05, 4.69) is 34.5 Å². The molecule has 2 heterocycles. The van der Waals surface area contributed by atoms with E-state index in [-0.39, 0.29) is 18.6 Å². The van der Waals surface area contributed by atoms with Crippen molar-refractivity contribution in [2.75, 3.05) is 24.8 Å². The third kappa shape index (κ3) is 3.55. The van der Waals surface area contributed by atoms with Crippen LogP contribution in [0, 0.1) is 5.92 Å². The van der Waals surface area contributed by atoms with E-state index in [1.807, 2.05) is 24.3 Å². The Balaban J connectivity index is 1.28. The number of hydrogen-bond donors (Lipinski definition) is 1. The molecule has 2 aliphatic rings. The number of nitrogens with one attached hydrogen (secondary N) is 1. The van der Waals surface area contributed by atoms with Gasteiger partial charge in [0, 0.05) is 31.2 Å². The number of hydrogen-bond acceptors (Lipinski definition) is 4. The van der Waals surface area contributed by atoms with Gasteiger partial charge in [0.15, 0.2) is 11.5 Å². The fraction of sp³-hybridized carbons (Fsp3) is 0.350. The van der Waals surface area contributed by atoms with Crippen LogP contribution in [0.5, 0.6) is 11.5 Å². The second-order valence-corrected chi connectivity index (χ2v) is 6.50. The van der Waals surface area contributed by atoms with Crippen LogP contribution in [-0.4, -0.2) is 25.8 Å². The summed E-state index contributed by atoms with van der Waals surface area (Å²) in [5.74, 6) is 1.76. The van der Waals surface area contributed by atoms with Crippen molar-refractivity contribution in [3.8, 4) is 11.5 Å². The highest BCUT2D eigenvalue weighted by Crippen LogP contribution is 2.32. The molecule has 2 aliphatic heterocycles. The minimum absolute atomic E-state index is 0.0916. The summed E-state index contributed by atoms with van der Waals surface area (Å²) in [6, 6.07) is 16.2. The van der Waals surface area contributed by atoms with Gasteiger partial charge in [-0.25, -0.2) is 0 Å². The van der Waals surface area contributed by atoms with E-state index in [1.54, 1.807) is 0 Å². The second-order valence-electron chi connectivity index (χ2n) is 6.50. The first-order valence-electron chi connectivity index (χ1n) is 8.76. The van der Waals surface area contributed by atoms with Crippen molar-refractivity contribution >= 4 is 11.6 Å². The normalized spacial score (nSPS) is 16.7. The first-order valence-corrected chi connectivity index (χ1v) is 8.76. The molecule has 0 atom stereocenters. The Hall–Kier alpha value is -2.69. The van der Waals surface area contributed by atoms with E-state index in [1.165, 1.54) is 5.69 Å². The minimum Gasteiger partial charge on any atom is -0.454 e. The van der Waals surface area contributed by atoms with Crippen LogP contribution < -0.4 is 19.7 Å². The van der Waals surface area contributed by atoms with Gasteiger partial charge in [-0.3, -0.25) is 4.79 Å². The smallest absolute Gasteiger partial charge is 0.231 e. The molecular formula is C20H22N2O3. The fourth-order valence-electron chi connectivity index (χ4n) is 3.42. The molecule has 0 saturated carbocycles. The number of para-hydroxylation sites is 1. The third-order valence-corrected chi connectivity index (χ3v) is 4.89. The lowest BCUT2D eigenvalue weighted by atomic mass is 9.95. The lowest BCUT2D eigenvalue weighted by Gasteiger charge is -2.33. The Kier molecular flexibility index (Phi) is 4.46. The summed E-state index contributed by atoms with van der Waals surface area (Å²) in [6.45, 7) is 2.64. The van der Waals surface area contributed by atoms with Crippen LogP contribution in [0.15, 0.2) is 48.5 Å². The van der Waals surface area contributed by atoms with Gasteiger partial charge in [-0.2, -0.15) is 0 Å². The third-order valence-electron chi connectivity index (χ3n) is 4.89. The largest absolute Gasteiger partial charge is 0.454 e. The number of ether oxygens (including phenoxy) is 2. The maximum absolute atomic E-state index is 12.5. The monoisotopic (exact) mass is 338 g/mol. The van der Waals surface area contributed by atoms with Crippen LogP contribution in [0.25, 0.3) is 0 Å². The molecule has 5 nitrogen and oxygen atoms in total. The number of benzene rings is 2. The van der Waals surface area contributed by atoms with E-state index in [0.29, 0.717) is 6.54 Å². The molecule has 2 aromatic rings. The summed E-state index contributed by atoms with van der Waals surface area (Å²) in [7, 11) is 0. The molecule has 0 bridgehead atoms. The second kappa shape index (κ2) is 7.05. The van der Waals surface area contributed by atoms with Gasteiger partial charge in [0.2, 0.25) is 12.7 Å². The minimum atomic E-state index is 0.0916. The van der Waals surface area contributed by atoms with Crippen molar-refractivity contribution in [3.63, 3.8) is 0 Å². The first kappa shape index (κ1) is 15.8. The molecule has 0 aliphatic carbocycles. The molecule has 2 aromatic carbocycles. The van der Waals surface area contributed by atoms with Crippen molar-refractivity contribution < 1.29 is 14.3 Å². The molecule has 4 rings (SSSR count). The van der Waals surface area contributed by atoms with Crippen LogP contribution in [0.4, 0.5) is 5.69 Å². The van der Waals surface area contributed by atoms with E-state index >= 15 is 0 Å². The number of anilines is 1. The molecule has 0 spiro atoms. The molecule has 0 radical (unpaired) electrons. The maximum atomic E-state index is 12.5. The fourth-order valence-corrected chi connectivity index (χ4v) is 3.42. The molecule has 25 heavy (non-hydrogen) atoms. The molecule has 1 N–H and O–H groups in total. The zero-order valence-corrected chi connectivity index (χ0v) is 14.1. The molecule has 1 saturated heterocycles. The summed E-state index contributed by atoms with van der Waals surface area (Å²) >= 11 is 0. The Labute approximate surface area is 147 Å². The van der Waals surface area contributed by atoms with Gasteiger partial charge in [0.05, 0.1) is 0 Å². The standard InChI is InChI=1S/C20H22N2O3/c23-20(21-13-15-6-7-18-19(12-15)25-14-24-18)16-8-10-22(11-9-16)17-4-2-1-3-5-17/h1-7,12,16H,8-11,13-14H2,(H,21,23). The highest BCUT2D eigenvalue weighted by molar-refractivity contribution is 5.79. The van der Waals surface area contributed by atoms with Gasteiger partial charge in [0.25, 0.3) is 0 Å². The first-order chi connectivity index (χ1) is 12.3. The molecule has 0 unspecified atom stereocenters. The van der Waals surface area contributed by atoms with E-state index in [0.717, 1.165) is 43.0 Å². The maximum Gasteiger partial charge on any atom is 0.231 e. The average Bonchev–Trinajstić information content (AvgIpc) is 3.15. The number of rotatable bonds is 4. The molecule has 1 fully saturated rings. The van der Waals surface area contributed by atoms with Crippen molar-refractivity contribution in [1.82, 2.24) is 5.32 Å². The highest BCUT2D eigenvalue weighted by Gasteiger charge is 2.25. The predicted molar refractivity (Wildman–Crippen MR) is 95.8 cm³/mol. The zero-order chi connectivity index (χ0) is 17.1. The van der Waals surface area contributed by atoms with Crippen LogP contribution >= 0.6 is 0 Å². The van der Waals surface area contributed by atoms with Crippen molar-refractivity contribution in [3.05, 3.63) is 54.1 Å². The SMILES string of the molecule is O=C(NCc1ccc2c(c1)OCO2)C1CCN(c2ccccc2)CC1. The Morgan fingerprint density at radius 3 is 2.60 bits per heavy atom. The Morgan fingerprint density at radius 1 is 1.04 bits per heavy atom. The number of amides is 1. The van der Waals surface area contributed by atoms with Crippen LogP contribution in [0.2, 0.25) is 0 Å². The van der Waals surface area contributed by atoms with Crippen molar-refractivity contribution in [2.24, 2.45) is 5.92 Å². The van der Waals surface area contributed by atoms with Crippen molar-refractivity contribution in [2.45, 2.75) is 19.4 Å². The number of fused-ring (bicyclic) bond motifs is 1. The molecule has 1 amide bonds. The lowest BCUT2D eigenvalue weighted by molar-refractivity contribution is -0.125. The number of nitrogens with zero attached hydrogens (tertiary/aromatic N) is 1. The zero-order valence-electron chi connectivity index (χ0n) is 14.1. The molecular weight excluding hydrogens is 316 g/mol. The number of piperidine rings is 1. The van der Waals surface area contributed by atoms with Gasteiger partial charge >= 0.3 is 0 Å². The molecule has 5 heteroatoms.